The molecule has 2 saturated carbocycles. The number of carbonyl (C=O) groups is 2. The van der Waals surface area contributed by atoms with Gasteiger partial charge in [-0.05, 0) is 99.9 Å². The molecular formula is C38H48N4O5S. The van der Waals surface area contributed by atoms with E-state index < -0.39 is 26.6 Å². The molecule has 0 spiro atoms. The highest BCUT2D eigenvalue weighted by Gasteiger charge is 2.65. The van der Waals surface area contributed by atoms with Gasteiger partial charge in [-0.1, -0.05) is 32.3 Å². The number of likely N-dealkylation sites (N-methyl/N-ethyl adjacent to an activating group) is 1. The van der Waals surface area contributed by atoms with Crippen molar-refractivity contribution in [3.8, 4) is 17.0 Å². The lowest BCUT2D eigenvalue weighted by Crippen LogP contribution is -2.57. The molecule has 256 valence electrons. The van der Waals surface area contributed by atoms with Gasteiger partial charge in [0.2, 0.25) is 15.9 Å². The summed E-state index contributed by atoms with van der Waals surface area (Å²) in [5, 5.41) is 0.421. The minimum atomic E-state index is -3.81. The molecule has 9 nitrogen and oxygen atoms in total. The van der Waals surface area contributed by atoms with Gasteiger partial charge in [-0.2, -0.15) is 0 Å². The van der Waals surface area contributed by atoms with E-state index in [1.165, 1.54) is 30.4 Å². The van der Waals surface area contributed by atoms with E-state index in [9.17, 15) is 13.2 Å². The van der Waals surface area contributed by atoms with E-state index in [0.717, 1.165) is 73.1 Å². The molecule has 2 aromatic carbocycles. The summed E-state index contributed by atoms with van der Waals surface area (Å²) in [6, 6.07) is 12.5. The van der Waals surface area contributed by atoms with Crippen LogP contribution in [0, 0.1) is 5.41 Å². The van der Waals surface area contributed by atoms with E-state index in [-0.39, 0.29) is 23.9 Å². The minimum absolute atomic E-state index is 0.0791. The van der Waals surface area contributed by atoms with Crippen LogP contribution in [0.1, 0.15) is 105 Å². The van der Waals surface area contributed by atoms with Crippen LogP contribution in [0.3, 0.4) is 0 Å². The van der Waals surface area contributed by atoms with Crippen molar-refractivity contribution in [3.63, 3.8) is 0 Å². The minimum Gasteiger partial charge on any atom is -0.497 e. The van der Waals surface area contributed by atoms with Crippen molar-refractivity contribution < 1.29 is 22.7 Å². The molecule has 5 aliphatic rings. The molecule has 0 radical (unpaired) electrons. The van der Waals surface area contributed by atoms with E-state index in [2.05, 4.69) is 38.3 Å². The van der Waals surface area contributed by atoms with E-state index in [1.54, 1.807) is 27.0 Å². The highest BCUT2D eigenvalue weighted by atomic mass is 32.2. The Bertz CT molecular complexity index is 1900. The summed E-state index contributed by atoms with van der Waals surface area (Å²) in [5.41, 5.74) is 5.42. The highest BCUT2D eigenvalue weighted by molar-refractivity contribution is 7.90. The molecular weight excluding hydrogens is 625 g/mol. The van der Waals surface area contributed by atoms with Crippen LogP contribution < -0.4 is 9.46 Å². The second-order valence-electron chi connectivity index (χ2n) is 15.3. The first-order valence-corrected chi connectivity index (χ1v) is 19.5. The van der Waals surface area contributed by atoms with Gasteiger partial charge < -0.3 is 19.1 Å². The number of nitrogens with one attached hydrogen (secondary N) is 1. The molecule has 1 aromatic heterocycles. The number of benzene rings is 2. The number of ether oxygens (including phenoxy) is 1. The number of amides is 2. The fraction of sp³-hybridized carbons (Fsp3) is 0.579. The van der Waals surface area contributed by atoms with E-state index in [1.807, 2.05) is 18.2 Å². The summed E-state index contributed by atoms with van der Waals surface area (Å²) < 4.78 is 36.2. The molecule has 5 atom stereocenters. The van der Waals surface area contributed by atoms with Crippen molar-refractivity contribution in [2.75, 3.05) is 27.2 Å². The van der Waals surface area contributed by atoms with Crippen molar-refractivity contribution in [2.24, 2.45) is 5.41 Å². The van der Waals surface area contributed by atoms with Gasteiger partial charge in [-0.25, -0.2) is 13.1 Å². The maximum Gasteiger partial charge on any atom is 0.264 e. The molecule has 2 amide bonds. The maximum atomic E-state index is 15.0. The molecule has 2 saturated heterocycles. The van der Waals surface area contributed by atoms with Crippen LogP contribution in [0.5, 0.6) is 5.75 Å². The van der Waals surface area contributed by atoms with Gasteiger partial charge in [0.05, 0.1) is 23.5 Å². The van der Waals surface area contributed by atoms with Gasteiger partial charge in [-0.15, -0.1) is 0 Å². The van der Waals surface area contributed by atoms with Crippen LogP contribution in [-0.4, -0.2) is 79.2 Å². The summed E-state index contributed by atoms with van der Waals surface area (Å²) in [4.78, 5) is 33.1. The molecule has 1 N–H and O–H groups in total. The smallest absolute Gasteiger partial charge is 0.264 e. The largest absolute Gasteiger partial charge is 0.497 e. The average Bonchev–Trinajstić information content (AvgIpc) is 3.67. The van der Waals surface area contributed by atoms with E-state index in [4.69, 9.17) is 4.74 Å². The molecule has 48 heavy (non-hydrogen) atoms. The Hall–Kier alpha value is -3.37. The summed E-state index contributed by atoms with van der Waals surface area (Å²) >= 11 is 0. The van der Waals surface area contributed by atoms with Gasteiger partial charge >= 0.3 is 0 Å². The molecule has 4 fully saturated rings. The fourth-order valence-corrected chi connectivity index (χ4v) is 10.6. The number of nitrogens with zero attached hydrogens (tertiary/aromatic N) is 3. The zero-order chi connectivity index (χ0) is 33.5. The topological polar surface area (TPSA) is 101 Å². The zero-order valence-corrected chi connectivity index (χ0v) is 29.4. The highest BCUT2D eigenvalue weighted by Crippen LogP contribution is 2.66. The predicted octanol–water partition coefficient (Wildman–Crippen LogP) is 6.02. The molecule has 3 aliphatic heterocycles. The second-order valence-corrected chi connectivity index (χ2v) is 17.4. The Morgan fingerprint density at radius 2 is 1.75 bits per heavy atom. The summed E-state index contributed by atoms with van der Waals surface area (Å²) in [6.45, 7) is 5.77. The van der Waals surface area contributed by atoms with Crippen LogP contribution in [0.15, 0.2) is 36.4 Å². The number of hydrogen-bond donors (Lipinski definition) is 1. The number of sulfonamides is 1. The van der Waals surface area contributed by atoms with Crippen molar-refractivity contribution in [3.05, 3.63) is 53.1 Å². The molecule has 2 unspecified atom stereocenters. The molecule has 4 heterocycles. The lowest BCUT2D eigenvalue weighted by Gasteiger charge is -2.41. The van der Waals surface area contributed by atoms with E-state index in [0.29, 0.717) is 24.4 Å². The van der Waals surface area contributed by atoms with E-state index >= 15 is 4.79 Å². The Labute approximate surface area is 284 Å². The van der Waals surface area contributed by atoms with Gasteiger partial charge in [-0.3, -0.25) is 9.59 Å². The second kappa shape index (κ2) is 11.6. The van der Waals surface area contributed by atoms with Crippen molar-refractivity contribution >= 4 is 32.7 Å². The number of piperazine rings is 1. The number of fused-ring (bicyclic) bond motifs is 9. The van der Waals surface area contributed by atoms with Crippen LogP contribution >= 0.6 is 0 Å². The van der Waals surface area contributed by atoms with Gasteiger partial charge in [0.15, 0.2) is 0 Å². The van der Waals surface area contributed by atoms with Gasteiger partial charge in [0, 0.05) is 59.7 Å². The van der Waals surface area contributed by atoms with Crippen molar-refractivity contribution in [1.29, 1.82) is 0 Å². The molecule has 8 rings (SSSR count). The predicted molar refractivity (Wildman–Crippen MR) is 187 cm³/mol. The van der Waals surface area contributed by atoms with Crippen LogP contribution in [0.4, 0.5) is 0 Å². The standard InChI is InChI=1S/C38H48N4O5S/c1-5-23(2)48(45,46)39-36(43)25-11-15-30-33(17-25)41-22-38(37(44)42-26-12-13-27(42)21-40(3)20-26)19-32(38)31-18-28(47-4)14-16-29(31)35(41)34(30)24-9-7-6-8-10-24/h11,14-18,23-24,26-27,32H,5-10,12-13,19-22H2,1-4H3,(H,39,43)/t23-,26?,27?,32+,38-/m1/s1. The third-order valence-corrected chi connectivity index (χ3v) is 14.3. The fourth-order valence-electron chi connectivity index (χ4n) is 9.63. The summed E-state index contributed by atoms with van der Waals surface area (Å²) in [5.74, 6) is 0.897. The first-order valence-electron chi connectivity index (χ1n) is 18.0. The zero-order valence-electron chi connectivity index (χ0n) is 28.6. The van der Waals surface area contributed by atoms with Gasteiger partial charge in [0.1, 0.15) is 5.75 Å². The maximum absolute atomic E-state index is 15.0. The number of methoxy groups -OCH3 is 1. The van der Waals surface area contributed by atoms with Crippen molar-refractivity contribution in [1.82, 2.24) is 19.1 Å². The van der Waals surface area contributed by atoms with Crippen LogP contribution in [-0.2, 0) is 21.4 Å². The average molecular weight is 673 g/mol. The third-order valence-electron chi connectivity index (χ3n) is 12.4. The Morgan fingerprint density at radius 3 is 2.44 bits per heavy atom. The molecule has 2 aliphatic carbocycles. The third kappa shape index (κ3) is 4.91. The molecule has 10 heteroatoms. The Morgan fingerprint density at radius 1 is 1.02 bits per heavy atom. The quantitative estimate of drug-likeness (QED) is 0.330. The lowest BCUT2D eigenvalue weighted by molar-refractivity contribution is -0.143. The number of hydrogen-bond acceptors (Lipinski definition) is 6. The van der Waals surface area contributed by atoms with Gasteiger partial charge in [0.25, 0.3) is 5.91 Å². The van der Waals surface area contributed by atoms with Crippen LogP contribution in [0.2, 0.25) is 0 Å². The normalized spacial score (nSPS) is 27.5. The summed E-state index contributed by atoms with van der Waals surface area (Å²) in [7, 11) is 0.0490. The first-order chi connectivity index (χ1) is 23.1. The SMILES string of the molecule is CC[C@@H](C)S(=O)(=O)NC(=O)c1ccc2c(C3CCCCC3)c3n(c2c1)C[C@]1(C(=O)N2C4CCC2CN(C)C4)C[C@H]1c1cc(OC)ccc1-3. The Kier molecular flexibility index (Phi) is 7.71. The first kappa shape index (κ1) is 31.9. The Balaban J connectivity index is 1.31. The summed E-state index contributed by atoms with van der Waals surface area (Å²) in [6.07, 6.45) is 9.09. The number of rotatable bonds is 7. The number of carbonyl (C=O) groups excluding carboxylic acids is 2. The number of likely N-dealkylation sites (tertiary alicyclic amines) is 1. The molecule has 2 bridgehead atoms. The van der Waals surface area contributed by atoms with Crippen LogP contribution in [0.25, 0.3) is 22.2 Å². The lowest BCUT2D eigenvalue weighted by atomic mass is 9.81. The van der Waals surface area contributed by atoms with Crippen molar-refractivity contribution in [2.45, 2.75) is 107 Å². The number of aromatic nitrogens is 1. The molecule has 3 aromatic rings. The monoisotopic (exact) mass is 672 g/mol.